The van der Waals surface area contributed by atoms with Gasteiger partial charge in [0.2, 0.25) is 0 Å². The average Bonchev–Trinajstić information content (AvgIpc) is 3.13. The standard InChI is InChI=1S/C21H24ClN5O2/c1-21(2)14-26(10-11-29-21)19(15-5-7-16(22)8-6-15)13-23-20(28)17-12-25-27-18(17)4-3-9-24-27/h3-9,12,19H,10-11,13-14H2,1-2H3,(H,23,28). The second kappa shape index (κ2) is 8.10. The Balaban J connectivity index is 1.55. The van der Waals surface area contributed by atoms with Crippen molar-refractivity contribution in [3.8, 4) is 0 Å². The highest BCUT2D eigenvalue weighted by Crippen LogP contribution is 2.27. The van der Waals surface area contributed by atoms with E-state index >= 15 is 0 Å². The molecule has 1 fully saturated rings. The summed E-state index contributed by atoms with van der Waals surface area (Å²) in [6, 6.07) is 11.4. The second-order valence-electron chi connectivity index (χ2n) is 7.81. The molecule has 0 spiro atoms. The van der Waals surface area contributed by atoms with Crippen LogP contribution in [0.25, 0.3) is 5.52 Å². The zero-order valence-electron chi connectivity index (χ0n) is 16.5. The monoisotopic (exact) mass is 413 g/mol. The highest BCUT2D eigenvalue weighted by Gasteiger charge is 2.32. The first-order chi connectivity index (χ1) is 13.9. The number of rotatable bonds is 5. The highest BCUT2D eigenvalue weighted by atomic mass is 35.5. The first-order valence-corrected chi connectivity index (χ1v) is 10.0. The Morgan fingerprint density at radius 2 is 2.07 bits per heavy atom. The molecule has 0 saturated carbocycles. The minimum atomic E-state index is -0.235. The third-order valence-corrected chi connectivity index (χ3v) is 5.41. The molecule has 8 heteroatoms. The summed E-state index contributed by atoms with van der Waals surface area (Å²) >= 11 is 6.08. The first-order valence-electron chi connectivity index (χ1n) is 9.64. The quantitative estimate of drug-likeness (QED) is 0.696. The number of amides is 1. The van der Waals surface area contributed by atoms with E-state index in [0.717, 1.165) is 18.7 Å². The molecule has 0 radical (unpaired) electrons. The number of ether oxygens (including phenoxy) is 1. The maximum absolute atomic E-state index is 12.9. The summed E-state index contributed by atoms with van der Waals surface area (Å²) in [6.45, 7) is 6.87. The maximum Gasteiger partial charge on any atom is 0.255 e. The number of carbonyl (C=O) groups is 1. The van der Waals surface area contributed by atoms with Crippen LogP contribution >= 0.6 is 11.6 Å². The fourth-order valence-electron chi connectivity index (χ4n) is 3.75. The number of fused-ring (bicyclic) bond motifs is 1. The van der Waals surface area contributed by atoms with Gasteiger partial charge in [-0.05, 0) is 43.7 Å². The Labute approximate surface area is 174 Å². The van der Waals surface area contributed by atoms with Crippen LogP contribution in [0.1, 0.15) is 35.8 Å². The highest BCUT2D eigenvalue weighted by molar-refractivity contribution is 6.30. The first kappa shape index (κ1) is 19.8. The van der Waals surface area contributed by atoms with Crippen LogP contribution in [0.4, 0.5) is 0 Å². The van der Waals surface area contributed by atoms with E-state index < -0.39 is 0 Å². The minimum Gasteiger partial charge on any atom is -0.373 e. The molecule has 7 nitrogen and oxygen atoms in total. The smallest absolute Gasteiger partial charge is 0.255 e. The molecule has 1 atom stereocenters. The van der Waals surface area contributed by atoms with Gasteiger partial charge in [-0.15, -0.1) is 0 Å². The van der Waals surface area contributed by atoms with E-state index in [-0.39, 0.29) is 17.6 Å². The van der Waals surface area contributed by atoms with Gasteiger partial charge in [0.15, 0.2) is 0 Å². The molecule has 0 aliphatic carbocycles. The summed E-state index contributed by atoms with van der Waals surface area (Å²) in [5, 5.41) is 12.0. The maximum atomic E-state index is 12.9. The lowest BCUT2D eigenvalue weighted by Gasteiger charge is -2.42. The van der Waals surface area contributed by atoms with Crippen LogP contribution in [0.5, 0.6) is 0 Å². The van der Waals surface area contributed by atoms with Gasteiger partial charge < -0.3 is 10.1 Å². The van der Waals surface area contributed by atoms with Gasteiger partial charge in [-0.3, -0.25) is 9.69 Å². The number of nitrogens with one attached hydrogen (secondary N) is 1. The van der Waals surface area contributed by atoms with E-state index in [1.54, 1.807) is 18.5 Å². The van der Waals surface area contributed by atoms with Crippen molar-refractivity contribution >= 4 is 23.0 Å². The van der Waals surface area contributed by atoms with Gasteiger partial charge in [-0.1, -0.05) is 23.7 Å². The van der Waals surface area contributed by atoms with Gasteiger partial charge in [0, 0.05) is 30.9 Å². The van der Waals surface area contributed by atoms with Gasteiger partial charge in [0.25, 0.3) is 5.91 Å². The predicted octanol–water partition coefficient (Wildman–Crippen LogP) is 2.96. The van der Waals surface area contributed by atoms with E-state index in [1.807, 2.05) is 30.3 Å². The van der Waals surface area contributed by atoms with Crippen molar-refractivity contribution in [2.75, 3.05) is 26.2 Å². The topological polar surface area (TPSA) is 71.8 Å². The summed E-state index contributed by atoms with van der Waals surface area (Å²) in [5.74, 6) is -0.167. The minimum absolute atomic E-state index is 0.0133. The fourth-order valence-corrected chi connectivity index (χ4v) is 3.88. The zero-order chi connectivity index (χ0) is 20.4. The third-order valence-electron chi connectivity index (χ3n) is 5.16. The van der Waals surface area contributed by atoms with Gasteiger partial charge in [0.05, 0.1) is 30.0 Å². The number of benzene rings is 1. The molecule has 1 aliphatic rings. The molecule has 29 heavy (non-hydrogen) atoms. The summed E-state index contributed by atoms with van der Waals surface area (Å²) in [5.41, 5.74) is 2.06. The molecular weight excluding hydrogens is 390 g/mol. The molecule has 4 rings (SSSR count). The molecule has 152 valence electrons. The number of aromatic nitrogens is 3. The lowest BCUT2D eigenvalue weighted by molar-refractivity contribution is -0.0972. The average molecular weight is 414 g/mol. The van der Waals surface area contributed by atoms with Crippen molar-refractivity contribution in [2.24, 2.45) is 0 Å². The van der Waals surface area contributed by atoms with Gasteiger partial charge >= 0.3 is 0 Å². The SMILES string of the molecule is CC1(C)CN(C(CNC(=O)c2cnn3ncccc23)c2ccc(Cl)cc2)CCO1. The van der Waals surface area contributed by atoms with Crippen LogP contribution in [0, 0.1) is 0 Å². The normalized spacial score (nSPS) is 17.9. The molecule has 3 heterocycles. The molecule has 1 saturated heterocycles. The Kier molecular flexibility index (Phi) is 5.54. The predicted molar refractivity (Wildman–Crippen MR) is 111 cm³/mol. The van der Waals surface area contributed by atoms with Crippen molar-refractivity contribution in [1.29, 1.82) is 0 Å². The second-order valence-corrected chi connectivity index (χ2v) is 8.25. The Bertz CT molecular complexity index is 1000. The number of morpholine rings is 1. The van der Waals surface area contributed by atoms with Crippen molar-refractivity contribution in [3.63, 3.8) is 0 Å². The van der Waals surface area contributed by atoms with E-state index in [0.29, 0.717) is 29.3 Å². The molecule has 3 aromatic rings. The number of hydrogen-bond acceptors (Lipinski definition) is 5. The van der Waals surface area contributed by atoms with Crippen LogP contribution in [0.2, 0.25) is 5.02 Å². The largest absolute Gasteiger partial charge is 0.373 e. The Morgan fingerprint density at radius 1 is 1.28 bits per heavy atom. The lowest BCUT2D eigenvalue weighted by atomic mass is 10.0. The Hall–Kier alpha value is -2.48. The van der Waals surface area contributed by atoms with Crippen LogP contribution < -0.4 is 5.32 Å². The molecule has 1 aromatic carbocycles. The number of carbonyl (C=O) groups excluding carboxylic acids is 1. The van der Waals surface area contributed by atoms with E-state index in [4.69, 9.17) is 16.3 Å². The van der Waals surface area contributed by atoms with Crippen molar-refractivity contribution in [2.45, 2.75) is 25.5 Å². The van der Waals surface area contributed by atoms with Gasteiger partial charge in [0.1, 0.15) is 5.52 Å². The number of nitrogens with zero attached hydrogens (tertiary/aromatic N) is 4. The van der Waals surface area contributed by atoms with Crippen LogP contribution in [-0.2, 0) is 4.74 Å². The molecular formula is C21H24ClN5O2. The van der Waals surface area contributed by atoms with Gasteiger partial charge in [-0.25, -0.2) is 0 Å². The van der Waals surface area contributed by atoms with Crippen LogP contribution in [0.15, 0.2) is 48.8 Å². The fraction of sp³-hybridized carbons (Fsp3) is 0.381. The summed E-state index contributed by atoms with van der Waals surface area (Å²) in [4.78, 5) is 15.2. The summed E-state index contributed by atoms with van der Waals surface area (Å²) in [7, 11) is 0. The van der Waals surface area contributed by atoms with Crippen molar-refractivity contribution < 1.29 is 9.53 Å². The Morgan fingerprint density at radius 3 is 2.83 bits per heavy atom. The number of hydrogen-bond donors (Lipinski definition) is 1. The molecule has 1 unspecified atom stereocenters. The third kappa shape index (κ3) is 4.42. The summed E-state index contributed by atoms with van der Waals surface area (Å²) in [6.07, 6.45) is 3.19. The van der Waals surface area contributed by atoms with Crippen LogP contribution in [0.3, 0.4) is 0 Å². The van der Waals surface area contributed by atoms with E-state index in [9.17, 15) is 4.79 Å². The molecule has 2 aromatic heterocycles. The van der Waals surface area contributed by atoms with Crippen molar-refractivity contribution in [1.82, 2.24) is 25.0 Å². The number of halogens is 1. The van der Waals surface area contributed by atoms with Crippen molar-refractivity contribution in [3.05, 3.63) is 64.9 Å². The van der Waals surface area contributed by atoms with E-state index in [1.165, 1.54) is 4.63 Å². The molecule has 1 N–H and O–H groups in total. The summed E-state index contributed by atoms with van der Waals surface area (Å²) < 4.78 is 7.32. The van der Waals surface area contributed by atoms with Gasteiger partial charge in [-0.2, -0.15) is 14.8 Å². The molecule has 1 amide bonds. The van der Waals surface area contributed by atoms with E-state index in [2.05, 4.69) is 34.3 Å². The lowest BCUT2D eigenvalue weighted by Crippen LogP contribution is -2.51. The molecule has 0 bridgehead atoms. The zero-order valence-corrected chi connectivity index (χ0v) is 17.3. The molecule has 1 aliphatic heterocycles. The van der Waals surface area contributed by atoms with Crippen LogP contribution in [-0.4, -0.2) is 57.5 Å².